The molecule has 0 aromatic heterocycles. The lowest BCUT2D eigenvalue weighted by atomic mass is 9.99. The normalized spacial score (nSPS) is 16.7. The van der Waals surface area contributed by atoms with Crippen molar-refractivity contribution in [3.8, 4) is 11.5 Å². The van der Waals surface area contributed by atoms with E-state index in [1.165, 1.54) is 83.9 Å². The van der Waals surface area contributed by atoms with Gasteiger partial charge in [-0.15, -0.1) is 0 Å². The van der Waals surface area contributed by atoms with Gasteiger partial charge in [0.1, 0.15) is 59.8 Å². The molecule has 0 saturated carbocycles. The van der Waals surface area contributed by atoms with E-state index in [0.717, 1.165) is 0 Å². The monoisotopic (exact) mass is 1110 g/mol. The van der Waals surface area contributed by atoms with E-state index < -0.39 is 120 Å². The Labute approximate surface area is 458 Å². The number of primary amides is 1. The Bertz CT molecular complexity index is 2350. The van der Waals surface area contributed by atoms with Gasteiger partial charge in [-0.25, -0.2) is 4.79 Å². The van der Waals surface area contributed by atoms with Gasteiger partial charge in [0.05, 0.1) is 12.5 Å². The van der Waals surface area contributed by atoms with Crippen LogP contribution in [0.5, 0.6) is 11.5 Å². The van der Waals surface area contributed by atoms with Crippen LogP contribution in [0.25, 0.3) is 0 Å². The first-order chi connectivity index (χ1) is 36.4. The average Bonchev–Trinajstić information content (AvgIpc) is 3.89. The second-order valence-corrected chi connectivity index (χ2v) is 21.6. The number of phenolic OH excluding ortho intramolecular Hbond substituents is 2. The van der Waals surface area contributed by atoms with E-state index in [1.54, 1.807) is 27.0 Å². The first kappa shape index (κ1) is 64.7. The quantitative estimate of drug-likeness (QED) is 0.0465. The minimum atomic E-state index is -1.74. The van der Waals surface area contributed by atoms with Crippen molar-refractivity contribution in [1.29, 1.82) is 0 Å². The number of nitrogens with zero attached hydrogens (tertiary/aromatic N) is 1. The molecule has 0 radical (unpaired) electrons. The Kier molecular flexibility index (Phi) is 27.1. The van der Waals surface area contributed by atoms with Crippen LogP contribution in [-0.4, -0.2) is 164 Å². The molecule has 0 unspecified atom stereocenters. The van der Waals surface area contributed by atoms with Crippen molar-refractivity contribution >= 4 is 82.7 Å². The number of hydrogen-bond donors (Lipinski definition) is 12. The maximum atomic E-state index is 14.7. The van der Waals surface area contributed by atoms with Crippen molar-refractivity contribution in [2.45, 2.75) is 147 Å². The van der Waals surface area contributed by atoms with E-state index in [2.05, 4.69) is 37.2 Å². The highest BCUT2D eigenvalue weighted by Crippen LogP contribution is 2.22. The topological polar surface area (TPSA) is 371 Å². The number of benzene rings is 2. The fourth-order valence-electron chi connectivity index (χ4n) is 8.30. The zero-order valence-corrected chi connectivity index (χ0v) is 46.4. The van der Waals surface area contributed by atoms with Gasteiger partial charge in [-0.05, 0) is 110 Å². The minimum Gasteiger partial charge on any atom is -0.508 e. The molecule has 426 valence electrons. The van der Waals surface area contributed by atoms with Gasteiger partial charge in [0.2, 0.25) is 53.2 Å². The third-order valence-electron chi connectivity index (χ3n) is 13.0. The molecular weight excluding hydrogens is 1040 g/mol. The number of amides is 9. The number of rotatable bonds is 32. The second kappa shape index (κ2) is 32.2. The van der Waals surface area contributed by atoms with E-state index in [-0.39, 0.29) is 68.4 Å². The number of carbonyl (C=O) groups excluding carboxylic acids is 9. The number of carboxylic acid groups (broad SMARTS) is 1. The van der Waals surface area contributed by atoms with Crippen LogP contribution in [0.4, 0.5) is 0 Å². The van der Waals surface area contributed by atoms with Crippen LogP contribution in [-0.2, 0) is 60.8 Å². The number of thioether (sulfide) groups is 2. The van der Waals surface area contributed by atoms with Gasteiger partial charge >= 0.3 is 5.97 Å². The molecule has 25 heteroatoms. The molecule has 1 aliphatic rings. The van der Waals surface area contributed by atoms with Gasteiger partial charge in [0.15, 0.2) is 0 Å². The number of likely N-dealkylation sites (tertiary alicyclic amines) is 1. The van der Waals surface area contributed by atoms with Crippen molar-refractivity contribution in [1.82, 2.24) is 42.1 Å². The second-order valence-electron chi connectivity index (χ2n) is 19.6. The fraction of sp³-hybridized carbons (Fsp3) is 0.577. The number of hydrogen-bond acceptors (Lipinski definition) is 15. The molecule has 2 aromatic rings. The molecular formula is C52H78N10O13S2. The van der Waals surface area contributed by atoms with Crippen LogP contribution < -0.4 is 48.7 Å². The van der Waals surface area contributed by atoms with Crippen LogP contribution in [0.15, 0.2) is 48.5 Å². The Morgan fingerprint density at radius 2 is 1.06 bits per heavy atom. The van der Waals surface area contributed by atoms with E-state index in [9.17, 15) is 63.3 Å². The number of carboxylic acids is 1. The molecule has 1 fully saturated rings. The Morgan fingerprint density at radius 3 is 1.55 bits per heavy atom. The summed E-state index contributed by atoms with van der Waals surface area (Å²) in [6, 6.07) is 0.0294. The lowest BCUT2D eigenvalue weighted by molar-refractivity contribution is -0.143. The summed E-state index contributed by atoms with van der Waals surface area (Å²) in [5, 5.41) is 47.9. The van der Waals surface area contributed by atoms with Crippen molar-refractivity contribution in [2.24, 2.45) is 23.3 Å². The predicted molar refractivity (Wildman–Crippen MR) is 292 cm³/mol. The number of nitrogens with one attached hydrogen (secondary N) is 7. The standard InChI is InChI=1S/C52H78N10O13S2/c1-8-29(4)43(54)50(72)57-36(20-23-77-7)45(67)58-37(25-31-11-15-33(63)16-12-31)47(69)59-38(27-42(53)65)48(70)60-39(26-32-13-17-34(64)18-14-32)51(73)62-21-9-10-41(62)49(71)55-30(5)44(66)56-35(19-22-76-6)46(68)61-40(52(74)75)24-28(2)3/h11-18,28-30,35-41,43,63-64H,8-10,19-27,54H2,1-7H3,(H2,53,65)(H,55,71)(H,56,66)(H,57,72)(H,58,67)(H,59,69)(H,60,70)(H,61,68)(H,74,75)/t29-,30-,35-,36-,37-,38-,39-,40-,41-,43-/m0/s1. The summed E-state index contributed by atoms with van der Waals surface area (Å²) in [5.41, 5.74) is 12.7. The first-order valence-electron chi connectivity index (χ1n) is 25.6. The van der Waals surface area contributed by atoms with E-state index in [0.29, 0.717) is 35.5 Å². The minimum absolute atomic E-state index is 0.0412. The molecule has 2 aromatic carbocycles. The molecule has 14 N–H and O–H groups in total. The van der Waals surface area contributed by atoms with Crippen molar-refractivity contribution in [2.75, 3.05) is 30.6 Å². The van der Waals surface area contributed by atoms with Gasteiger partial charge in [-0.1, -0.05) is 58.4 Å². The van der Waals surface area contributed by atoms with Crippen LogP contribution in [0, 0.1) is 11.8 Å². The van der Waals surface area contributed by atoms with Crippen molar-refractivity contribution < 1.29 is 63.3 Å². The number of aliphatic carboxylic acids is 1. The summed E-state index contributed by atoms with van der Waals surface area (Å²) >= 11 is 2.82. The highest BCUT2D eigenvalue weighted by Gasteiger charge is 2.40. The molecule has 0 bridgehead atoms. The van der Waals surface area contributed by atoms with E-state index in [1.807, 2.05) is 13.2 Å². The van der Waals surface area contributed by atoms with Crippen LogP contribution >= 0.6 is 23.5 Å². The number of phenols is 2. The zero-order valence-electron chi connectivity index (χ0n) is 44.8. The Balaban J connectivity index is 1.91. The zero-order chi connectivity index (χ0) is 57.5. The Hall–Kier alpha value is -6.60. The third-order valence-corrected chi connectivity index (χ3v) is 14.3. The smallest absolute Gasteiger partial charge is 0.326 e. The summed E-state index contributed by atoms with van der Waals surface area (Å²) in [4.78, 5) is 137. The Morgan fingerprint density at radius 1 is 0.623 bits per heavy atom. The van der Waals surface area contributed by atoms with Gasteiger partial charge in [0, 0.05) is 19.4 Å². The summed E-state index contributed by atoms with van der Waals surface area (Å²) in [6.45, 7) is 8.70. The summed E-state index contributed by atoms with van der Waals surface area (Å²) in [6.07, 6.45) is 3.98. The molecule has 1 heterocycles. The maximum Gasteiger partial charge on any atom is 0.326 e. The maximum absolute atomic E-state index is 14.7. The molecule has 23 nitrogen and oxygen atoms in total. The van der Waals surface area contributed by atoms with Crippen LogP contribution in [0.1, 0.15) is 90.7 Å². The third kappa shape index (κ3) is 21.4. The van der Waals surface area contributed by atoms with Crippen LogP contribution in [0.2, 0.25) is 0 Å². The highest BCUT2D eigenvalue weighted by molar-refractivity contribution is 7.98. The lowest BCUT2D eigenvalue weighted by Gasteiger charge is -2.31. The SMILES string of the molecule is CC[C@H](C)[C@H](N)C(=O)N[C@@H](CCSC)C(=O)N[C@@H](Cc1ccc(O)cc1)C(=O)N[C@@H](CC(N)=O)C(=O)N[C@@H](Cc1ccc(O)cc1)C(=O)N1CCC[C@H]1C(=O)N[C@@H](C)C(=O)N[C@@H](CCSC)C(=O)N[C@@H](CC(C)C)C(=O)O. The predicted octanol–water partition coefficient (Wildman–Crippen LogP) is 0.173. The molecule has 3 rings (SSSR count). The molecule has 1 saturated heterocycles. The summed E-state index contributed by atoms with van der Waals surface area (Å²) in [5.74, 6) is -8.06. The highest BCUT2D eigenvalue weighted by atomic mass is 32.2. The number of carbonyl (C=O) groups is 10. The molecule has 1 aliphatic heterocycles. The summed E-state index contributed by atoms with van der Waals surface area (Å²) < 4.78 is 0. The summed E-state index contributed by atoms with van der Waals surface area (Å²) in [7, 11) is 0. The van der Waals surface area contributed by atoms with Gasteiger partial charge < -0.3 is 68.9 Å². The first-order valence-corrected chi connectivity index (χ1v) is 28.4. The number of nitrogens with two attached hydrogens (primary N) is 2. The molecule has 77 heavy (non-hydrogen) atoms. The van der Waals surface area contributed by atoms with E-state index >= 15 is 0 Å². The molecule has 0 spiro atoms. The fourth-order valence-corrected chi connectivity index (χ4v) is 9.24. The van der Waals surface area contributed by atoms with Gasteiger partial charge in [0.25, 0.3) is 0 Å². The van der Waals surface area contributed by atoms with Gasteiger partial charge in [-0.3, -0.25) is 43.2 Å². The van der Waals surface area contributed by atoms with Crippen LogP contribution in [0.3, 0.4) is 0 Å². The largest absolute Gasteiger partial charge is 0.508 e. The molecule has 9 amide bonds. The molecule has 10 atom stereocenters. The van der Waals surface area contributed by atoms with Crippen molar-refractivity contribution in [3.05, 3.63) is 59.7 Å². The average molecular weight is 1120 g/mol. The van der Waals surface area contributed by atoms with E-state index in [4.69, 9.17) is 11.5 Å². The van der Waals surface area contributed by atoms with Crippen molar-refractivity contribution in [3.63, 3.8) is 0 Å². The lowest BCUT2D eigenvalue weighted by Crippen LogP contribution is -2.61. The van der Waals surface area contributed by atoms with Gasteiger partial charge in [-0.2, -0.15) is 23.5 Å². The molecule has 0 aliphatic carbocycles. The number of aromatic hydroxyl groups is 2.